The van der Waals surface area contributed by atoms with Crippen LogP contribution in [-0.4, -0.2) is 24.0 Å². The maximum atomic E-state index is 12.3. The summed E-state index contributed by atoms with van der Waals surface area (Å²) in [6, 6.07) is 17.0. The Morgan fingerprint density at radius 3 is 2.41 bits per heavy atom. The molecule has 0 aliphatic carbocycles. The molecule has 3 rings (SSSR count). The molecule has 0 spiro atoms. The van der Waals surface area contributed by atoms with Gasteiger partial charge in [0.25, 0.3) is 0 Å². The summed E-state index contributed by atoms with van der Waals surface area (Å²) in [5.41, 5.74) is 3.69. The molecule has 1 N–H and O–H groups in total. The van der Waals surface area contributed by atoms with Crippen molar-refractivity contribution < 1.29 is 14.3 Å². The standard InChI is InChI=1S/C21H18N2O3S/c1-14(24)22-17-10-8-15(9-11-17)12-18(21(25)26-2)20-23-19(13-27-20)16-6-4-3-5-7-16/h3-13H,1-2H3,(H,22,24)/b18-12-. The molecular formula is C21H18N2O3S. The number of anilines is 1. The number of thiazole rings is 1. The minimum atomic E-state index is -0.449. The number of hydrogen-bond donors (Lipinski definition) is 1. The fourth-order valence-electron chi connectivity index (χ4n) is 2.49. The molecule has 0 fully saturated rings. The number of rotatable bonds is 5. The van der Waals surface area contributed by atoms with E-state index in [-0.39, 0.29) is 5.91 Å². The van der Waals surface area contributed by atoms with Gasteiger partial charge in [-0.25, -0.2) is 9.78 Å². The molecule has 1 amide bonds. The molecule has 0 unspecified atom stereocenters. The van der Waals surface area contributed by atoms with Gasteiger partial charge < -0.3 is 10.1 Å². The van der Waals surface area contributed by atoms with E-state index in [1.165, 1.54) is 25.4 Å². The smallest absolute Gasteiger partial charge is 0.340 e. The van der Waals surface area contributed by atoms with Gasteiger partial charge in [-0.15, -0.1) is 11.3 Å². The highest BCUT2D eigenvalue weighted by molar-refractivity contribution is 7.11. The van der Waals surface area contributed by atoms with Crippen molar-refractivity contribution in [3.63, 3.8) is 0 Å². The summed E-state index contributed by atoms with van der Waals surface area (Å²) in [6.07, 6.45) is 1.73. The number of ether oxygens (including phenoxy) is 1. The van der Waals surface area contributed by atoms with Crippen LogP contribution in [0.5, 0.6) is 0 Å². The number of amides is 1. The van der Waals surface area contributed by atoms with Crippen molar-refractivity contribution in [1.29, 1.82) is 0 Å². The maximum Gasteiger partial charge on any atom is 0.340 e. The molecular weight excluding hydrogens is 360 g/mol. The zero-order valence-electron chi connectivity index (χ0n) is 14.9. The Labute approximate surface area is 161 Å². The number of nitrogens with one attached hydrogen (secondary N) is 1. The lowest BCUT2D eigenvalue weighted by atomic mass is 10.1. The van der Waals surface area contributed by atoms with E-state index in [9.17, 15) is 9.59 Å². The number of esters is 1. The second-order valence-corrected chi connectivity index (χ2v) is 6.61. The highest BCUT2D eigenvalue weighted by Crippen LogP contribution is 2.28. The van der Waals surface area contributed by atoms with Crippen LogP contribution in [-0.2, 0) is 14.3 Å². The third-order valence-electron chi connectivity index (χ3n) is 3.75. The van der Waals surface area contributed by atoms with Gasteiger partial charge in [0.1, 0.15) is 5.01 Å². The molecule has 136 valence electrons. The molecule has 0 atom stereocenters. The minimum Gasteiger partial charge on any atom is -0.465 e. The molecule has 0 saturated heterocycles. The summed E-state index contributed by atoms with van der Waals surface area (Å²) < 4.78 is 4.93. The van der Waals surface area contributed by atoms with Gasteiger partial charge in [-0.1, -0.05) is 42.5 Å². The Balaban J connectivity index is 1.93. The van der Waals surface area contributed by atoms with Crippen LogP contribution in [0.15, 0.2) is 60.0 Å². The average Bonchev–Trinajstić information content (AvgIpc) is 3.17. The zero-order valence-corrected chi connectivity index (χ0v) is 15.7. The molecule has 3 aromatic rings. The fraction of sp³-hybridized carbons (Fsp3) is 0.0952. The molecule has 5 nitrogen and oxygen atoms in total. The highest BCUT2D eigenvalue weighted by atomic mass is 32.1. The topological polar surface area (TPSA) is 68.3 Å². The number of carbonyl (C=O) groups is 2. The zero-order chi connectivity index (χ0) is 19.2. The van der Waals surface area contributed by atoms with E-state index in [4.69, 9.17) is 4.74 Å². The third kappa shape index (κ3) is 4.68. The van der Waals surface area contributed by atoms with E-state index in [2.05, 4.69) is 10.3 Å². The SMILES string of the molecule is COC(=O)/C(=C\c1ccc(NC(C)=O)cc1)c1nc(-c2ccccc2)cs1. The van der Waals surface area contributed by atoms with Gasteiger partial charge in [-0.05, 0) is 23.8 Å². The molecule has 0 aliphatic heterocycles. The van der Waals surface area contributed by atoms with E-state index < -0.39 is 5.97 Å². The van der Waals surface area contributed by atoms with Crippen LogP contribution in [0, 0.1) is 0 Å². The van der Waals surface area contributed by atoms with Crippen molar-refractivity contribution >= 4 is 40.5 Å². The molecule has 1 aromatic heterocycles. The normalized spacial score (nSPS) is 11.1. The lowest BCUT2D eigenvalue weighted by molar-refractivity contribution is -0.133. The predicted octanol–water partition coefficient (Wildman–Crippen LogP) is 4.48. The average molecular weight is 378 g/mol. The Morgan fingerprint density at radius 2 is 1.78 bits per heavy atom. The molecule has 27 heavy (non-hydrogen) atoms. The van der Waals surface area contributed by atoms with Crippen molar-refractivity contribution in [2.45, 2.75) is 6.92 Å². The van der Waals surface area contributed by atoms with Gasteiger partial charge in [0.05, 0.1) is 18.4 Å². The van der Waals surface area contributed by atoms with Crippen LogP contribution in [0.25, 0.3) is 22.9 Å². The summed E-state index contributed by atoms with van der Waals surface area (Å²) in [5, 5.41) is 5.22. The van der Waals surface area contributed by atoms with Crippen LogP contribution in [0.4, 0.5) is 5.69 Å². The van der Waals surface area contributed by atoms with Crippen LogP contribution < -0.4 is 5.32 Å². The number of benzene rings is 2. The van der Waals surface area contributed by atoms with Gasteiger partial charge in [0.2, 0.25) is 5.91 Å². The summed E-state index contributed by atoms with van der Waals surface area (Å²) in [4.78, 5) is 28.0. The van der Waals surface area contributed by atoms with Gasteiger partial charge in [0.15, 0.2) is 0 Å². The molecule has 2 aromatic carbocycles. The van der Waals surface area contributed by atoms with Gasteiger partial charge in [-0.3, -0.25) is 4.79 Å². The van der Waals surface area contributed by atoms with Gasteiger partial charge in [-0.2, -0.15) is 0 Å². The maximum absolute atomic E-state index is 12.3. The first-order valence-corrected chi connectivity index (χ1v) is 9.14. The fourth-order valence-corrected chi connectivity index (χ4v) is 3.32. The predicted molar refractivity (Wildman–Crippen MR) is 108 cm³/mol. The second-order valence-electron chi connectivity index (χ2n) is 5.76. The molecule has 1 heterocycles. The van der Waals surface area contributed by atoms with E-state index in [0.29, 0.717) is 16.3 Å². The summed E-state index contributed by atoms with van der Waals surface area (Å²) in [7, 11) is 1.35. The Kier molecular flexibility index (Phi) is 5.78. The molecule has 0 bridgehead atoms. The molecule has 6 heteroatoms. The lowest BCUT2D eigenvalue weighted by Crippen LogP contribution is -2.05. The van der Waals surface area contributed by atoms with Crippen LogP contribution >= 0.6 is 11.3 Å². The number of aromatic nitrogens is 1. The van der Waals surface area contributed by atoms with E-state index >= 15 is 0 Å². The van der Waals surface area contributed by atoms with Crippen molar-refractivity contribution in [3.05, 3.63) is 70.5 Å². The number of hydrogen-bond acceptors (Lipinski definition) is 5. The number of nitrogens with zero attached hydrogens (tertiary/aromatic N) is 1. The van der Waals surface area contributed by atoms with Gasteiger partial charge >= 0.3 is 5.97 Å². The first-order chi connectivity index (χ1) is 13.1. The van der Waals surface area contributed by atoms with E-state index in [1.54, 1.807) is 18.2 Å². The quantitative estimate of drug-likeness (QED) is 0.525. The summed E-state index contributed by atoms with van der Waals surface area (Å²) >= 11 is 1.39. The lowest BCUT2D eigenvalue weighted by Gasteiger charge is -2.04. The second kappa shape index (κ2) is 8.42. The van der Waals surface area contributed by atoms with Crippen molar-refractivity contribution in [2.24, 2.45) is 0 Å². The first-order valence-electron chi connectivity index (χ1n) is 8.26. The Hall–Kier alpha value is -3.25. The molecule has 0 radical (unpaired) electrons. The summed E-state index contributed by atoms with van der Waals surface area (Å²) in [6.45, 7) is 1.45. The minimum absolute atomic E-state index is 0.134. The van der Waals surface area contributed by atoms with Crippen LogP contribution in [0.3, 0.4) is 0 Å². The van der Waals surface area contributed by atoms with Crippen molar-refractivity contribution in [2.75, 3.05) is 12.4 Å². The van der Waals surface area contributed by atoms with Crippen molar-refractivity contribution in [3.8, 4) is 11.3 Å². The largest absolute Gasteiger partial charge is 0.465 e. The van der Waals surface area contributed by atoms with Crippen molar-refractivity contribution in [1.82, 2.24) is 4.98 Å². The Bertz CT molecular complexity index is 976. The first kappa shape index (κ1) is 18.5. The molecule has 0 saturated carbocycles. The highest BCUT2D eigenvalue weighted by Gasteiger charge is 2.17. The third-order valence-corrected chi connectivity index (χ3v) is 4.63. The van der Waals surface area contributed by atoms with Crippen LogP contribution in [0.2, 0.25) is 0 Å². The monoisotopic (exact) mass is 378 g/mol. The van der Waals surface area contributed by atoms with E-state index in [0.717, 1.165) is 16.8 Å². The van der Waals surface area contributed by atoms with E-state index in [1.807, 2.05) is 47.8 Å². The Morgan fingerprint density at radius 1 is 1.07 bits per heavy atom. The van der Waals surface area contributed by atoms with Crippen LogP contribution in [0.1, 0.15) is 17.5 Å². The number of methoxy groups -OCH3 is 1. The summed E-state index contributed by atoms with van der Waals surface area (Å²) in [5.74, 6) is -0.584. The number of carbonyl (C=O) groups excluding carboxylic acids is 2. The van der Waals surface area contributed by atoms with Gasteiger partial charge in [0, 0.05) is 23.6 Å². The molecule has 0 aliphatic rings.